The summed E-state index contributed by atoms with van der Waals surface area (Å²) in [7, 11) is 1.83. The molecule has 4 heteroatoms. The van der Waals surface area contributed by atoms with Gasteiger partial charge >= 0.3 is 0 Å². The lowest BCUT2D eigenvalue weighted by molar-refractivity contribution is 1.45. The van der Waals surface area contributed by atoms with Crippen molar-refractivity contribution < 1.29 is 0 Å². The quantitative estimate of drug-likeness (QED) is 0.729. The van der Waals surface area contributed by atoms with Crippen molar-refractivity contribution in [2.24, 2.45) is 0 Å². The summed E-state index contributed by atoms with van der Waals surface area (Å²) in [5.74, 6) is 0. The van der Waals surface area contributed by atoms with E-state index >= 15 is 0 Å². The zero-order chi connectivity index (χ0) is 13.7. The number of nitriles is 1. The second kappa shape index (κ2) is 5.69. The van der Waals surface area contributed by atoms with Crippen molar-refractivity contribution >= 4 is 23.3 Å². The lowest BCUT2D eigenvalue weighted by Crippen LogP contribution is -2.00. The topological polar surface area (TPSA) is 71.7 Å². The molecule has 0 saturated heterocycles. The van der Waals surface area contributed by atoms with Gasteiger partial charge in [0.05, 0.1) is 11.6 Å². The van der Waals surface area contributed by atoms with Crippen molar-refractivity contribution in [1.29, 1.82) is 10.7 Å². The van der Waals surface area contributed by atoms with Crippen molar-refractivity contribution in [3.8, 4) is 6.07 Å². The van der Waals surface area contributed by atoms with Crippen LogP contribution in [0.25, 0.3) is 0 Å². The van der Waals surface area contributed by atoms with E-state index in [4.69, 9.17) is 10.7 Å². The Morgan fingerprint density at radius 1 is 1.11 bits per heavy atom. The molecule has 2 aromatic rings. The summed E-state index contributed by atoms with van der Waals surface area (Å²) in [6, 6.07) is 15.1. The molecular weight excluding hydrogens is 236 g/mol. The number of hydrogen-bond acceptors (Lipinski definition) is 4. The molecule has 4 nitrogen and oxygen atoms in total. The Bertz CT molecular complexity index is 624. The Hall–Kier alpha value is -2.80. The molecule has 3 N–H and O–H groups in total. The van der Waals surface area contributed by atoms with Crippen LogP contribution in [0, 0.1) is 16.7 Å². The predicted octanol–water partition coefficient (Wildman–Crippen LogP) is 3.34. The van der Waals surface area contributed by atoms with Crippen molar-refractivity contribution in [3.63, 3.8) is 0 Å². The fourth-order valence-electron chi connectivity index (χ4n) is 1.83. The summed E-state index contributed by atoms with van der Waals surface area (Å²) in [6.07, 6.45) is 1.32. The van der Waals surface area contributed by atoms with Crippen LogP contribution in [0.2, 0.25) is 0 Å². The van der Waals surface area contributed by atoms with Gasteiger partial charge in [0.25, 0.3) is 0 Å². The second-order valence-electron chi connectivity index (χ2n) is 3.98. The standard InChI is InChI=1S/C15H14N4/c1-18-14-3-2-4-15(13(14)10-17)19-12-7-5-11(9-16)6-8-12/h2-8,10,17-19H,1H3. The molecule has 0 fully saturated rings. The lowest BCUT2D eigenvalue weighted by Gasteiger charge is -2.13. The maximum absolute atomic E-state index is 8.76. The molecular formula is C15H14N4. The highest BCUT2D eigenvalue weighted by molar-refractivity contribution is 5.94. The van der Waals surface area contributed by atoms with Crippen LogP contribution in [0.1, 0.15) is 11.1 Å². The van der Waals surface area contributed by atoms with Crippen molar-refractivity contribution in [2.75, 3.05) is 17.7 Å². The number of hydrogen-bond donors (Lipinski definition) is 3. The number of anilines is 3. The van der Waals surface area contributed by atoms with Crippen LogP contribution in [-0.2, 0) is 0 Å². The van der Waals surface area contributed by atoms with Gasteiger partial charge in [-0.3, -0.25) is 0 Å². The van der Waals surface area contributed by atoms with Crippen LogP contribution in [-0.4, -0.2) is 13.3 Å². The summed E-state index contributed by atoms with van der Waals surface area (Å²) in [6.45, 7) is 0. The molecule has 0 bridgehead atoms. The minimum Gasteiger partial charge on any atom is -0.388 e. The third-order valence-corrected chi connectivity index (χ3v) is 2.81. The van der Waals surface area contributed by atoms with Crippen molar-refractivity contribution in [1.82, 2.24) is 0 Å². The SMILES string of the molecule is CNc1cccc(Nc2ccc(C#N)cc2)c1C=N. The van der Waals surface area contributed by atoms with E-state index in [2.05, 4.69) is 16.7 Å². The normalized spacial score (nSPS) is 9.47. The molecule has 0 amide bonds. The largest absolute Gasteiger partial charge is 0.388 e. The average molecular weight is 250 g/mol. The van der Waals surface area contributed by atoms with Crippen molar-refractivity contribution in [2.45, 2.75) is 0 Å². The van der Waals surface area contributed by atoms with Crippen LogP contribution in [0.4, 0.5) is 17.1 Å². The molecule has 0 aromatic heterocycles. The molecule has 19 heavy (non-hydrogen) atoms. The maximum atomic E-state index is 8.76. The van der Waals surface area contributed by atoms with E-state index < -0.39 is 0 Å². The molecule has 0 aliphatic heterocycles. The molecule has 0 saturated carbocycles. The molecule has 94 valence electrons. The number of nitrogens with one attached hydrogen (secondary N) is 3. The summed E-state index contributed by atoms with van der Waals surface area (Å²) >= 11 is 0. The van der Waals surface area contributed by atoms with Crippen LogP contribution in [0.3, 0.4) is 0 Å². The predicted molar refractivity (Wildman–Crippen MR) is 78.3 cm³/mol. The zero-order valence-electron chi connectivity index (χ0n) is 10.6. The Labute approximate surface area is 112 Å². The third-order valence-electron chi connectivity index (χ3n) is 2.81. The average Bonchev–Trinajstić information content (AvgIpc) is 2.47. The van der Waals surface area contributed by atoms with Gasteiger partial charge in [-0.1, -0.05) is 6.07 Å². The van der Waals surface area contributed by atoms with E-state index in [1.807, 2.05) is 37.4 Å². The third kappa shape index (κ3) is 2.72. The van der Waals surface area contributed by atoms with Gasteiger partial charge in [-0.05, 0) is 36.4 Å². The van der Waals surface area contributed by atoms with Crippen LogP contribution < -0.4 is 10.6 Å². The fourth-order valence-corrected chi connectivity index (χ4v) is 1.83. The Kier molecular flexibility index (Phi) is 3.79. The molecule has 2 rings (SSSR count). The molecule has 0 radical (unpaired) electrons. The van der Waals surface area contributed by atoms with Gasteiger partial charge in [0.15, 0.2) is 0 Å². The zero-order valence-corrected chi connectivity index (χ0v) is 10.6. The van der Waals surface area contributed by atoms with Gasteiger partial charge < -0.3 is 16.0 Å². The second-order valence-corrected chi connectivity index (χ2v) is 3.98. The first-order chi connectivity index (χ1) is 9.28. The highest BCUT2D eigenvalue weighted by Crippen LogP contribution is 2.25. The number of nitrogens with zero attached hydrogens (tertiary/aromatic N) is 1. The number of benzene rings is 2. The molecule has 0 heterocycles. The van der Waals surface area contributed by atoms with E-state index in [9.17, 15) is 0 Å². The van der Waals surface area contributed by atoms with E-state index in [1.165, 1.54) is 6.21 Å². The number of rotatable bonds is 4. The van der Waals surface area contributed by atoms with Crippen LogP contribution in [0.15, 0.2) is 42.5 Å². The Morgan fingerprint density at radius 2 is 1.79 bits per heavy atom. The first-order valence-corrected chi connectivity index (χ1v) is 5.87. The van der Waals surface area contributed by atoms with E-state index in [0.717, 1.165) is 22.6 Å². The summed E-state index contributed by atoms with van der Waals surface area (Å²) in [5, 5.41) is 22.6. The highest BCUT2D eigenvalue weighted by Gasteiger charge is 2.05. The van der Waals surface area contributed by atoms with Gasteiger partial charge in [-0.2, -0.15) is 5.26 Å². The Balaban J connectivity index is 2.32. The molecule has 0 aliphatic carbocycles. The van der Waals surface area contributed by atoms with E-state index in [1.54, 1.807) is 12.1 Å². The highest BCUT2D eigenvalue weighted by atomic mass is 14.9. The van der Waals surface area contributed by atoms with E-state index in [-0.39, 0.29) is 0 Å². The summed E-state index contributed by atoms with van der Waals surface area (Å²) in [4.78, 5) is 0. The minimum absolute atomic E-state index is 0.627. The van der Waals surface area contributed by atoms with Gasteiger partial charge in [0, 0.05) is 35.9 Å². The smallest absolute Gasteiger partial charge is 0.0991 e. The molecule has 0 atom stereocenters. The van der Waals surface area contributed by atoms with Crippen LogP contribution in [0.5, 0.6) is 0 Å². The van der Waals surface area contributed by atoms with E-state index in [0.29, 0.717) is 5.56 Å². The minimum atomic E-state index is 0.627. The molecule has 2 aromatic carbocycles. The fraction of sp³-hybridized carbons (Fsp3) is 0.0667. The Morgan fingerprint density at radius 3 is 2.37 bits per heavy atom. The van der Waals surface area contributed by atoms with Crippen LogP contribution >= 0.6 is 0 Å². The maximum Gasteiger partial charge on any atom is 0.0991 e. The lowest BCUT2D eigenvalue weighted by atomic mass is 10.1. The van der Waals surface area contributed by atoms with Gasteiger partial charge in [-0.15, -0.1) is 0 Å². The first kappa shape index (κ1) is 12.7. The molecule has 0 aliphatic rings. The molecule has 0 spiro atoms. The molecule has 0 unspecified atom stereocenters. The first-order valence-electron chi connectivity index (χ1n) is 5.87. The monoisotopic (exact) mass is 250 g/mol. The van der Waals surface area contributed by atoms with Gasteiger partial charge in [0.2, 0.25) is 0 Å². The summed E-state index contributed by atoms with van der Waals surface area (Å²) in [5.41, 5.74) is 4.06. The van der Waals surface area contributed by atoms with Gasteiger partial charge in [-0.25, -0.2) is 0 Å². The van der Waals surface area contributed by atoms with Gasteiger partial charge in [0.1, 0.15) is 0 Å². The summed E-state index contributed by atoms with van der Waals surface area (Å²) < 4.78 is 0. The van der Waals surface area contributed by atoms with Crippen molar-refractivity contribution in [3.05, 3.63) is 53.6 Å².